The number of methoxy groups -OCH3 is 1. The van der Waals surface area contributed by atoms with Crippen molar-refractivity contribution in [2.45, 2.75) is 44.2 Å². The zero-order valence-electron chi connectivity index (χ0n) is 7.40. The zero-order valence-corrected chi connectivity index (χ0v) is 7.40. The maximum atomic E-state index is 9.66. The van der Waals surface area contributed by atoms with Gasteiger partial charge in [-0.3, -0.25) is 0 Å². The molecule has 1 saturated carbocycles. The van der Waals surface area contributed by atoms with Crippen molar-refractivity contribution in [3.05, 3.63) is 0 Å². The van der Waals surface area contributed by atoms with Gasteiger partial charge in [0, 0.05) is 19.4 Å². The predicted octanol–water partition coefficient (Wildman–Crippen LogP) is 0.909. The Kier molecular flexibility index (Phi) is 2.35. The molecule has 2 aliphatic rings. The third kappa shape index (κ3) is 1.37. The fraction of sp³-hybridized carbons (Fsp3) is 1.00. The van der Waals surface area contributed by atoms with E-state index in [-0.39, 0.29) is 18.5 Å². The third-order valence-electron chi connectivity index (χ3n) is 3.01. The minimum atomic E-state index is -0.163. The van der Waals surface area contributed by atoms with Crippen LogP contribution in [0.1, 0.15) is 25.7 Å². The molecule has 0 aromatic heterocycles. The highest BCUT2D eigenvalue weighted by Gasteiger charge is 2.41. The first kappa shape index (κ1) is 8.48. The summed E-state index contributed by atoms with van der Waals surface area (Å²) in [6, 6.07) is 0. The molecule has 2 fully saturated rings. The van der Waals surface area contributed by atoms with Crippen molar-refractivity contribution in [2.75, 3.05) is 7.11 Å². The van der Waals surface area contributed by atoms with Crippen molar-refractivity contribution in [3.8, 4) is 0 Å². The summed E-state index contributed by atoms with van der Waals surface area (Å²) in [6.07, 6.45) is 3.97. The summed E-state index contributed by atoms with van der Waals surface area (Å²) in [7, 11) is 1.66. The van der Waals surface area contributed by atoms with Crippen LogP contribution >= 0.6 is 0 Å². The Bertz CT molecular complexity index is 160. The van der Waals surface area contributed by atoms with Crippen molar-refractivity contribution in [2.24, 2.45) is 5.92 Å². The highest BCUT2D eigenvalue weighted by molar-refractivity contribution is 4.87. The fourth-order valence-corrected chi connectivity index (χ4v) is 2.31. The maximum Gasteiger partial charge on any atom is 0.158 e. The van der Waals surface area contributed by atoms with Crippen LogP contribution in [0.3, 0.4) is 0 Å². The molecule has 3 heteroatoms. The SMILES string of the molecule is COC1CC2C(O)CCCC2O1. The standard InChI is InChI=1S/C9H16O3/c1-11-9-5-6-7(10)3-2-4-8(6)12-9/h6-10H,2-5H2,1H3. The van der Waals surface area contributed by atoms with E-state index in [1.54, 1.807) is 7.11 Å². The number of rotatable bonds is 1. The largest absolute Gasteiger partial charge is 0.393 e. The second kappa shape index (κ2) is 3.32. The Hall–Kier alpha value is -0.120. The molecule has 0 aromatic rings. The second-order valence-corrected chi connectivity index (χ2v) is 3.74. The van der Waals surface area contributed by atoms with E-state index in [2.05, 4.69) is 0 Å². The van der Waals surface area contributed by atoms with E-state index in [0.717, 1.165) is 25.7 Å². The number of fused-ring (bicyclic) bond motifs is 1. The fourth-order valence-electron chi connectivity index (χ4n) is 2.31. The van der Waals surface area contributed by atoms with Gasteiger partial charge in [-0.05, 0) is 19.3 Å². The van der Waals surface area contributed by atoms with Crippen LogP contribution in [0.5, 0.6) is 0 Å². The third-order valence-corrected chi connectivity index (χ3v) is 3.01. The van der Waals surface area contributed by atoms with Crippen LogP contribution in [0.25, 0.3) is 0 Å². The molecule has 1 N–H and O–H groups in total. The van der Waals surface area contributed by atoms with Crippen molar-refractivity contribution in [1.82, 2.24) is 0 Å². The van der Waals surface area contributed by atoms with E-state index < -0.39 is 0 Å². The maximum absolute atomic E-state index is 9.66. The average molecular weight is 172 g/mol. The van der Waals surface area contributed by atoms with Crippen LogP contribution in [-0.2, 0) is 9.47 Å². The zero-order chi connectivity index (χ0) is 8.55. The van der Waals surface area contributed by atoms with E-state index in [4.69, 9.17) is 9.47 Å². The van der Waals surface area contributed by atoms with Gasteiger partial charge in [-0.1, -0.05) is 0 Å². The van der Waals surface area contributed by atoms with Crippen molar-refractivity contribution >= 4 is 0 Å². The molecule has 0 aromatic carbocycles. The summed E-state index contributed by atoms with van der Waals surface area (Å²) in [5, 5.41) is 9.66. The van der Waals surface area contributed by atoms with Gasteiger partial charge in [0.15, 0.2) is 6.29 Å². The van der Waals surface area contributed by atoms with Crippen molar-refractivity contribution in [1.29, 1.82) is 0 Å². The molecule has 0 bridgehead atoms. The quantitative estimate of drug-likeness (QED) is 0.639. The van der Waals surface area contributed by atoms with Gasteiger partial charge in [0.25, 0.3) is 0 Å². The summed E-state index contributed by atoms with van der Waals surface area (Å²) < 4.78 is 10.7. The average Bonchev–Trinajstić information content (AvgIpc) is 2.49. The van der Waals surface area contributed by atoms with Crippen molar-refractivity contribution in [3.63, 3.8) is 0 Å². The minimum Gasteiger partial charge on any atom is -0.393 e. The van der Waals surface area contributed by atoms with Gasteiger partial charge in [-0.15, -0.1) is 0 Å². The summed E-state index contributed by atoms with van der Waals surface area (Å²) in [6.45, 7) is 0. The molecule has 1 saturated heterocycles. The lowest BCUT2D eigenvalue weighted by Crippen LogP contribution is -2.32. The second-order valence-electron chi connectivity index (χ2n) is 3.74. The van der Waals surface area contributed by atoms with E-state index in [1.807, 2.05) is 0 Å². The Balaban J connectivity index is 1.99. The Labute approximate surface area is 72.7 Å². The molecular weight excluding hydrogens is 156 g/mol. The highest BCUT2D eigenvalue weighted by atomic mass is 16.7. The molecule has 0 amide bonds. The summed E-state index contributed by atoms with van der Waals surface area (Å²) in [4.78, 5) is 0. The van der Waals surface area contributed by atoms with Crippen LogP contribution in [-0.4, -0.2) is 30.7 Å². The lowest BCUT2D eigenvalue weighted by molar-refractivity contribution is -0.122. The number of aliphatic hydroxyl groups is 1. The van der Waals surface area contributed by atoms with E-state index >= 15 is 0 Å². The molecule has 1 aliphatic heterocycles. The Morgan fingerprint density at radius 1 is 1.42 bits per heavy atom. The first-order valence-corrected chi connectivity index (χ1v) is 4.67. The highest BCUT2D eigenvalue weighted by Crippen LogP contribution is 2.37. The predicted molar refractivity (Wildman–Crippen MR) is 43.6 cm³/mol. The summed E-state index contributed by atoms with van der Waals surface area (Å²) in [5.74, 6) is 0.323. The molecule has 70 valence electrons. The van der Waals surface area contributed by atoms with E-state index in [0.29, 0.717) is 5.92 Å². The molecule has 2 rings (SSSR count). The molecular formula is C9H16O3. The summed E-state index contributed by atoms with van der Waals surface area (Å²) in [5.41, 5.74) is 0. The first-order chi connectivity index (χ1) is 5.81. The van der Waals surface area contributed by atoms with E-state index in [9.17, 15) is 5.11 Å². The topological polar surface area (TPSA) is 38.7 Å². The van der Waals surface area contributed by atoms with Gasteiger partial charge >= 0.3 is 0 Å². The Morgan fingerprint density at radius 3 is 2.92 bits per heavy atom. The lowest BCUT2D eigenvalue weighted by Gasteiger charge is -2.28. The van der Waals surface area contributed by atoms with Crippen molar-refractivity contribution < 1.29 is 14.6 Å². The van der Waals surface area contributed by atoms with Gasteiger partial charge in [-0.2, -0.15) is 0 Å². The number of hydrogen-bond acceptors (Lipinski definition) is 3. The molecule has 1 aliphatic carbocycles. The number of ether oxygens (including phenoxy) is 2. The molecule has 3 nitrogen and oxygen atoms in total. The van der Waals surface area contributed by atoms with Gasteiger partial charge < -0.3 is 14.6 Å². The number of aliphatic hydroxyl groups excluding tert-OH is 1. The molecule has 0 radical (unpaired) electrons. The van der Waals surface area contributed by atoms with Crippen LogP contribution in [0.4, 0.5) is 0 Å². The van der Waals surface area contributed by atoms with Gasteiger partial charge in [0.1, 0.15) is 0 Å². The van der Waals surface area contributed by atoms with E-state index in [1.165, 1.54) is 0 Å². The van der Waals surface area contributed by atoms with Crippen LogP contribution < -0.4 is 0 Å². The Morgan fingerprint density at radius 2 is 2.25 bits per heavy atom. The number of hydrogen-bond donors (Lipinski definition) is 1. The smallest absolute Gasteiger partial charge is 0.158 e. The van der Waals surface area contributed by atoms with Gasteiger partial charge in [0.2, 0.25) is 0 Å². The van der Waals surface area contributed by atoms with Gasteiger partial charge in [-0.25, -0.2) is 0 Å². The first-order valence-electron chi connectivity index (χ1n) is 4.67. The van der Waals surface area contributed by atoms with Crippen LogP contribution in [0.2, 0.25) is 0 Å². The van der Waals surface area contributed by atoms with Gasteiger partial charge in [0.05, 0.1) is 12.2 Å². The van der Waals surface area contributed by atoms with Crippen LogP contribution in [0, 0.1) is 5.92 Å². The van der Waals surface area contributed by atoms with Crippen LogP contribution in [0.15, 0.2) is 0 Å². The molecule has 4 unspecified atom stereocenters. The molecule has 4 atom stereocenters. The lowest BCUT2D eigenvalue weighted by atomic mass is 9.84. The normalized spacial score (nSPS) is 47.5. The molecule has 12 heavy (non-hydrogen) atoms. The molecule has 1 heterocycles. The monoisotopic (exact) mass is 172 g/mol. The summed E-state index contributed by atoms with van der Waals surface area (Å²) >= 11 is 0. The molecule has 0 spiro atoms. The minimum absolute atomic E-state index is 0.0762.